The molecule has 4 rings (SSSR count). The number of amides is 1. The molecule has 0 aromatic carbocycles. The zero-order valence-corrected chi connectivity index (χ0v) is 16.2. The van der Waals surface area contributed by atoms with Crippen LogP contribution in [0.25, 0.3) is 0 Å². The molecular weight excluding hydrogens is 346 g/mol. The minimum absolute atomic E-state index is 0.245. The second kappa shape index (κ2) is 7.88. The average Bonchev–Trinajstić information content (AvgIpc) is 3.40. The van der Waals surface area contributed by atoms with Gasteiger partial charge >= 0.3 is 0 Å². The quantitative estimate of drug-likeness (QED) is 0.808. The second-order valence-electron chi connectivity index (χ2n) is 7.48. The van der Waals surface area contributed by atoms with Crippen LogP contribution in [-0.2, 0) is 24.8 Å². The summed E-state index contributed by atoms with van der Waals surface area (Å²) in [6.45, 7) is 4.89. The third-order valence-corrected chi connectivity index (χ3v) is 6.44. The summed E-state index contributed by atoms with van der Waals surface area (Å²) >= 11 is 1.65. The van der Waals surface area contributed by atoms with Gasteiger partial charge in [-0.05, 0) is 61.2 Å². The lowest BCUT2D eigenvalue weighted by Gasteiger charge is -2.31. The minimum Gasteiger partial charge on any atom is -0.342 e. The van der Waals surface area contributed by atoms with Crippen LogP contribution in [0, 0.1) is 0 Å². The van der Waals surface area contributed by atoms with E-state index in [-0.39, 0.29) is 5.91 Å². The lowest BCUT2D eigenvalue weighted by molar-refractivity contribution is -0.131. The molecule has 0 unspecified atom stereocenters. The molecule has 2 aromatic rings. The van der Waals surface area contributed by atoms with E-state index in [2.05, 4.69) is 32.1 Å². The zero-order valence-electron chi connectivity index (χ0n) is 15.4. The molecule has 0 atom stereocenters. The van der Waals surface area contributed by atoms with Crippen LogP contribution < -0.4 is 0 Å². The fourth-order valence-corrected chi connectivity index (χ4v) is 4.74. The lowest BCUT2D eigenvalue weighted by Crippen LogP contribution is -2.39. The molecule has 26 heavy (non-hydrogen) atoms. The molecule has 0 radical (unpaired) electrons. The second-order valence-corrected chi connectivity index (χ2v) is 8.26. The number of thiophene rings is 1. The summed E-state index contributed by atoms with van der Waals surface area (Å²) in [6.07, 6.45) is 5.07. The van der Waals surface area contributed by atoms with E-state index in [1.54, 1.807) is 11.3 Å². The molecule has 2 aliphatic heterocycles. The summed E-state index contributed by atoms with van der Waals surface area (Å²) < 4.78 is 2.19. The lowest BCUT2D eigenvalue weighted by atomic mass is 9.95. The molecule has 6 nitrogen and oxygen atoms in total. The van der Waals surface area contributed by atoms with Gasteiger partial charge in [0.05, 0.1) is 13.0 Å². The molecule has 0 aliphatic carbocycles. The first kappa shape index (κ1) is 17.7. The first-order chi connectivity index (χ1) is 12.7. The number of aromatic nitrogens is 3. The Morgan fingerprint density at radius 1 is 1.19 bits per heavy atom. The van der Waals surface area contributed by atoms with Crippen LogP contribution in [0.3, 0.4) is 0 Å². The number of piperidine rings is 1. The molecule has 1 amide bonds. The van der Waals surface area contributed by atoms with Gasteiger partial charge < -0.3 is 9.47 Å². The Hall–Kier alpha value is -1.73. The molecule has 2 saturated heterocycles. The Balaban J connectivity index is 1.33. The van der Waals surface area contributed by atoms with Crippen molar-refractivity contribution in [3.8, 4) is 0 Å². The van der Waals surface area contributed by atoms with Crippen molar-refractivity contribution in [1.82, 2.24) is 24.6 Å². The Kier molecular flexibility index (Phi) is 5.36. The van der Waals surface area contributed by atoms with Crippen molar-refractivity contribution in [2.24, 2.45) is 7.05 Å². The van der Waals surface area contributed by atoms with Gasteiger partial charge in [0.2, 0.25) is 5.91 Å². The maximum absolute atomic E-state index is 12.5. The fraction of sp³-hybridized carbons (Fsp3) is 0.632. The summed E-state index contributed by atoms with van der Waals surface area (Å²) in [5.74, 6) is 2.81. The number of carbonyl (C=O) groups excluding carboxylic acids is 1. The highest BCUT2D eigenvalue weighted by molar-refractivity contribution is 7.08. The Morgan fingerprint density at radius 3 is 2.65 bits per heavy atom. The molecule has 2 aliphatic rings. The van der Waals surface area contributed by atoms with Crippen LogP contribution in [0.4, 0.5) is 0 Å². The minimum atomic E-state index is 0.245. The number of likely N-dealkylation sites (tertiary alicyclic amines) is 2. The predicted molar refractivity (Wildman–Crippen MR) is 102 cm³/mol. The smallest absolute Gasteiger partial charge is 0.227 e. The summed E-state index contributed by atoms with van der Waals surface area (Å²) in [6, 6.07) is 2.04. The SMILES string of the molecule is Cn1c(CN2CCCC2)nnc1C1CCN(C(=O)Cc2ccsc2)CC1. The maximum Gasteiger partial charge on any atom is 0.227 e. The van der Waals surface area contributed by atoms with Gasteiger partial charge in [-0.2, -0.15) is 11.3 Å². The van der Waals surface area contributed by atoms with Gasteiger partial charge in [-0.25, -0.2) is 0 Å². The molecule has 140 valence electrons. The van der Waals surface area contributed by atoms with Crippen molar-refractivity contribution < 1.29 is 4.79 Å². The van der Waals surface area contributed by atoms with Crippen LogP contribution in [0.2, 0.25) is 0 Å². The van der Waals surface area contributed by atoms with Gasteiger partial charge in [-0.1, -0.05) is 0 Å². The van der Waals surface area contributed by atoms with E-state index in [0.29, 0.717) is 12.3 Å². The molecule has 2 fully saturated rings. The van der Waals surface area contributed by atoms with Crippen molar-refractivity contribution in [3.05, 3.63) is 34.0 Å². The van der Waals surface area contributed by atoms with Crippen molar-refractivity contribution in [2.45, 2.75) is 44.6 Å². The van der Waals surface area contributed by atoms with Gasteiger partial charge in [0.15, 0.2) is 0 Å². The van der Waals surface area contributed by atoms with Crippen LogP contribution in [0.5, 0.6) is 0 Å². The number of rotatable bonds is 5. The summed E-state index contributed by atoms with van der Waals surface area (Å²) in [5, 5.41) is 13.0. The molecule has 0 N–H and O–H groups in total. The van der Waals surface area contributed by atoms with Crippen LogP contribution in [-0.4, -0.2) is 56.7 Å². The van der Waals surface area contributed by atoms with E-state index in [9.17, 15) is 4.79 Å². The van der Waals surface area contributed by atoms with E-state index in [0.717, 1.165) is 49.7 Å². The van der Waals surface area contributed by atoms with Crippen LogP contribution >= 0.6 is 11.3 Å². The summed E-state index contributed by atoms with van der Waals surface area (Å²) in [7, 11) is 2.09. The third-order valence-electron chi connectivity index (χ3n) is 5.71. The molecule has 0 saturated carbocycles. The fourth-order valence-electron chi connectivity index (χ4n) is 4.08. The molecule has 2 aromatic heterocycles. The van der Waals surface area contributed by atoms with E-state index < -0.39 is 0 Å². The maximum atomic E-state index is 12.5. The highest BCUT2D eigenvalue weighted by Gasteiger charge is 2.27. The normalized spacial score (nSPS) is 19.3. The average molecular weight is 374 g/mol. The van der Waals surface area contributed by atoms with Gasteiger partial charge in [-0.3, -0.25) is 9.69 Å². The Morgan fingerprint density at radius 2 is 1.96 bits per heavy atom. The first-order valence-corrected chi connectivity index (χ1v) is 10.5. The predicted octanol–water partition coefficient (Wildman–Crippen LogP) is 2.42. The van der Waals surface area contributed by atoms with E-state index in [1.807, 2.05) is 16.3 Å². The zero-order chi connectivity index (χ0) is 17.9. The summed E-state index contributed by atoms with van der Waals surface area (Å²) in [5.41, 5.74) is 1.13. The van der Waals surface area contributed by atoms with E-state index in [4.69, 9.17) is 0 Å². The number of carbonyl (C=O) groups is 1. The largest absolute Gasteiger partial charge is 0.342 e. The summed E-state index contributed by atoms with van der Waals surface area (Å²) in [4.78, 5) is 16.9. The Bertz CT molecular complexity index is 727. The van der Waals surface area contributed by atoms with Gasteiger partial charge in [-0.15, -0.1) is 10.2 Å². The van der Waals surface area contributed by atoms with Crippen molar-refractivity contribution in [3.63, 3.8) is 0 Å². The molecule has 0 bridgehead atoms. The van der Waals surface area contributed by atoms with Crippen molar-refractivity contribution >= 4 is 17.2 Å². The van der Waals surface area contributed by atoms with E-state index in [1.165, 1.54) is 25.9 Å². The molecule has 4 heterocycles. The highest BCUT2D eigenvalue weighted by Crippen LogP contribution is 2.27. The van der Waals surface area contributed by atoms with Gasteiger partial charge in [0.1, 0.15) is 11.6 Å². The number of nitrogens with zero attached hydrogens (tertiary/aromatic N) is 5. The topological polar surface area (TPSA) is 54.3 Å². The van der Waals surface area contributed by atoms with Crippen LogP contribution in [0.15, 0.2) is 16.8 Å². The van der Waals surface area contributed by atoms with Crippen molar-refractivity contribution in [2.75, 3.05) is 26.2 Å². The molecule has 0 spiro atoms. The number of hydrogen-bond donors (Lipinski definition) is 0. The van der Waals surface area contributed by atoms with E-state index >= 15 is 0 Å². The van der Waals surface area contributed by atoms with Crippen molar-refractivity contribution in [1.29, 1.82) is 0 Å². The first-order valence-electron chi connectivity index (χ1n) is 9.60. The highest BCUT2D eigenvalue weighted by atomic mass is 32.1. The molecular formula is C19H27N5OS. The van der Waals surface area contributed by atoms with Gasteiger partial charge in [0.25, 0.3) is 0 Å². The van der Waals surface area contributed by atoms with Gasteiger partial charge in [0, 0.05) is 26.1 Å². The van der Waals surface area contributed by atoms with Crippen LogP contribution in [0.1, 0.15) is 48.8 Å². The third kappa shape index (κ3) is 3.83. The Labute approximate surface area is 158 Å². The molecule has 7 heteroatoms. The monoisotopic (exact) mass is 373 g/mol. The number of hydrogen-bond acceptors (Lipinski definition) is 5. The standard InChI is InChI=1S/C19H27N5OS/c1-22-17(13-23-7-2-3-8-23)20-21-19(22)16-4-9-24(10-5-16)18(25)12-15-6-11-26-14-15/h6,11,14,16H,2-5,7-10,12-13H2,1H3.